The molecule has 0 radical (unpaired) electrons. The zero-order chi connectivity index (χ0) is 12.6. The molecular formula is C12H12O5. The topological polar surface area (TPSA) is 72.8 Å². The molecule has 5 nitrogen and oxygen atoms in total. The first-order valence-corrected chi connectivity index (χ1v) is 5.18. The number of carbonyl (C=O) groups is 2. The fourth-order valence-corrected chi connectivity index (χ4v) is 1.95. The quantitative estimate of drug-likeness (QED) is 0.743. The minimum atomic E-state index is -0.609. The molecule has 0 fully saturated rings. The van der Waals surface area contributed by atoms with Crippen molar-refractivity contribution >= 4 is 11.9 Å². The van der Waals surface area contributed by atoms with Gasteiger partial charge in [0.15, 0.2) is 0 Å². The van der Waals surface area contributed by atoms with E-state index in [4.69, 9.17) is 4.74 Å². The number of esters is 2. The highest BCUT2D eigenvalue weighted by Gasteiger charge is 2.30. The molecule has 0 aliphatic carbocycles. The Balaban J connectivity index is 2.62. The predicted molar refractivity (Wildman–Crippen MR) is 58.0 cm³/mol. The van der Waals surface area contributed by atoms with Gasteiger partial charge in [0, 0.05) is 6.42 Å². The normalized spacial score (nSPS) is 18.2. The fourth-order valence-electron chi connectivity index (χ4n) is 1.95. The van der Waals surface area contributed by atoms with Crippen LogP contribution in [-0.2, 0) is 15.9 Å². The van der Waals surface area contributed by atoms with Gasteiger partial charge in [0.05, 0.1) is 12.7 Å². The van der Waals surface area contributed by atoms with Gasteiger partial charge in [-0.15, -0.1) is 0 Å². The third kappa shape index (κ3) is 1.84. The van der Waals surface area contributed by atoms with Gasteiger partial charge in [-0.2, -0.15) is 0 Å². The Morgan fingerprint density at radius 3 is 2.88 bits per heavy atom. The molecule has 0 saturated heterocycles. The number of ether oxygens (including phenoxy) is 2. The molecule has 90 valence electrons. The second kappa shape index (κ2) is 4.08. The molecule has 1 aliphatic heterocycles. The molecule has 1 N–H and O–H groups in total. The first kappa shape index (κ1) is 11.4. The second-order valence-electron chi connectivity index (χ2n) is 3.90. The SMILES string of the molecule is COC(=O)c1ccc(O)c2c1C[C@H](C)OC2=O. The lowest BCUT2D eigenvalue weighted by atomic mass is 9.93. The van der Waals surface area contributed by atoms with Crippen LogP contribution in [0.15, 0.2) is 12.1 Å². The van der Waals surface area contributed by atoms with Crippen molar-refractivity contribution in [3.05, 3.63) is 28.8 Å². The van der Waals surface area contributed by atoms with Gasteiger partial charge < -0.3 is 14.6 Å². The lowest BCUT2D eigenvalue weighted by Crippen LogP contribution is -2.27. The van der Waals surface area contributed by atoms with Gasteiger partial charge in [-0.25, -0.2) is 9.59 Å². The minimum absolute atomic E-state index is 0.0611. The van der Waals surface area contributed by atoms with Crippen LogP contribution in [0.5, 0.6) is 5.75 Å². The van der Waals surface area contributed by atoms with E-state index in [0.717, 1.165) is 0 Å². The smallest absolute Gasteiger partial charge is 0.342 e. The van der Waals surface area contributed by atoms with Crippen LogP contribution in [0.4, 0.5) is 0 Å². The number of methoxy groups -OCH3 is 1. The fraction of sp³-hybridized carbons (Fsp3) is 0.333. The van der Waals surface area contributed by atoms with Gasteiger partial charge in [0.25, 0.3) is 0 Å². The highest BCUT2D eigenvalue weighted by Crippen LogP contribution is 2.31. The number of phenolic OH excluding ortho intramolecular Hbond substituents is 1. The van der Waals surface area contributed by atoms with Crippen molar-refractivity contribution < 1.29 is 24.2 Å². The summed E-state index contributed by atoms with van der Waals surface area (Å²) in [4.78, 5) is 23.2. The van der Waals surface area contributed by atoms with E-state index in [9.17, 15) is 14.7 Å². The highest BCUT2D eigenvalue weighted by molar-refractivity contribution is 6.00. The summed E-state index contributed by atoms with van der Waals surface area (Å²) in [7, 11) is 1.27. The Kier molecular flexibility index (Phi) is 2.75. The van der Waals surface area contributed by atoms with Crippen molar-refractivity contribution in [3.63, 3.8) is 0 Å². The molecule has 0 saturated carbocycles. The Morgan fingerprint density at radius 1 is 1.53 bits per heavy atom. The maximum absolute atomic E-state index is 11.6. The molecule has 1 heterocycles. The van der Waals surface area contributed by atoms with Crippen LogP contribution in [0.25, 0.3) is 0 Å². The molecule has 0 spiro atoms. The molecule has 2 rings (SSSR count). The van der Waals surface area contributed by atoms with Crippen molar-refractivity contribution in [1.82, 2.24) is 0 Å². The molecule has 17 heavy (non-hydrogen) atoms. The molecule has 0 aromatic heterocycles. The van der Waals surface area contributed by atoms with E-state index in [2.05, 4.69) is 4.74 Å². The lowest BCUT2D eigenvalue weighted by molar-refractivity contribution is 0.0295. The highest BCUT2D eigenvalue weighted by atomic mass is 16.5. The molecule has 1 aromatic rings. The Morgan fingerprint density at radius 2 is 2.24 bits per heavy atom. The number of hydrogen-bond donors (Lipinski definition) is 1. The molecule has 1 aliphatic rings. The van der Waals surface area contributed by atoms with Crippen LogP contribution in [-0.4, -0.2) is 30.3 Å². The minimum Gasteiger partial charge on any atom is -0.507 e. The average Bonchev–Trinajstić information content (AvgIpc) is 2.27. The number of fused-ring (bicyclic) bond motifs is 1. The van der Waals surface area contributed by atoms with Gasteiger partial charge >= 0.3 is 11.9 Å². The van der Waals surface area contributed by atoms with Crippen LogP contribution in [0.1, 0.15) is 33.2 Å². The van der Waals surface area contributed by atoms with E-state index in [1.54, 1.807) is 6.92 Å². The van der Waals surface area contributed by atoms with E-state index >= 15 is 0 Å². The zero-order valence-corrected chi connectivity index (χ0v) is 9.52. The lowest BCUT2D eigenvalue weighted by Gasteiger charge is -2.23. The third-order valence-electron chi connectivity index (χ3n) is 2.70. The summed E-state index contributed by atoms with van der Waals surface area (Å²) in [6, 6.07) is 2.74. The Hall–Kier alpha value is -2.04. The van der Waals surface area contributed by atoms with Crippen LogP contribution in [0.2, 0.25) is 0 Å². The van der Waals surface area contributed by atoms with Crippen molar-refractivity contribution in [1.29, 1.82) is 0 Å². The van der Waals surface area contributed by atoms with Gasteiger partial charge in [0.2, 0.25) is 0 Å². The standard InChI is InChI=1S/C12H12O5/c1-6-5-8-7(11(14)16-2)3-4-9(13)10(8)12(15)17-6/h3-4,6,13H,5H2,1-2H3/t6-/m0/s1. The summed E-state index contributed by atoms with van der Waals surface area (Å²) < 4.78 is 9.65. The second-order valence-corrected chi connectivity index (χ2v) is 3.90. The predicted octanol–water partition coefficient (Wildman–Crippen LogP) is 1.28. The summed E-state index contributed by atoms with van der Waals surface area (Å²) >= 11 is 0. The largest absolute Gasteiger partial charge is 0.507 e. The van der Waals surface area contributed by atoms with Gasteiger partial charge in [-0.3, -0.25) is 0 Å². The molecule has 0 unspecified atom stereocenters. The zero-order valence-electron chi connectivity index (χ0n) is 9.52. The first-order valence-electron chi connectivity index (χ1n) is 5.18. The van der Waals surface area contributed by atoms with Crippen LogP contribution in [0, 0.1) is 0 Å². The maximum atomic E-state index is 11.6. The monoisotopic (exact) mass is 236 g/mol. The molecule has 5 heteroatoms. The van der Waals surface area contributed by atoms with Crippen LogP contribution < -0.4 is 0 Å². The molecule has 0 amide bonds. The van der Waals surface area contributed by atoms with Crippen molar-refractivity contribution in [3.8, 4) is 5.75 Å². The number of phenols is 1. The number of rotatable bonds is 1. The Labute approximate surface area is 98.0 Å². The average molecular weight is 236 g/mol. The molecular weight excluding hydrogens is 224 g/mol. The van der Waals surface area contributed by atoms with Gasteiger partial charge in [0.1, 0.15) is 17.4 Å². The molecule has 1 aromatic carbocycles. The number of carbonyl (C=O) groups excluding carboxylic acids is 2. The van der Waals surface area contributed by atoms with Gasteiger partial charge in [-0.05, 0) is 24.6 Å². The number of cyclic esters (lactones) is 1. The maximum Gasteiger partial charge on any atom is 0.342 e. The Bertz CT molecular complexity index is 492. The summed E-state index contributed by atoms with van der Waals surface area (Å²) in [6.07, 6.45) is 0.0695. The summed E-state index contributed by atoms with van der Waals surface area (Å²) in [5, 5.41) is 9.64. The number of aromatic hydroxyl groups is 1. The number of hydrogen-bond acceptors (Lipinski definition) is 5. The molecule has 0 bridgehead atoms. The summed E-state index contributed by atoms with van der Waals surface area (Å²) in [5.74, 6) is -1.31. The van der Waals surface area contributed by atoms with E-state index in [1.807, 2.05) is 0 Å². The van der Waals surface area contributed by atoms with Crippen molar-refractivity contribution in [2.45, 2.75) is 19.4 Å². The van der Waals surface area contributed by atoms with E-state index in [0.29, 0.717) is 17.5 Å². The van der Waals surface area contributed by atoms with E-state index < -0.39 is 11.9 Å². The van der Waals surface area contributed by atoms with Crippen molar-refractivity contribution in [2.75, 3.05) is 7.11 Å². The van der Waals surface area contributed by atoms with E-state index in [1.165, 1.54) is 19.2 Å². The van der Waals surface area contributed by atoms with Crippen LogP contribution in [0.3, 0.4) is 0 Å². The number of benzene rings is 1. The van der Waals surface area contributed by atoms with E-state index in [-0.39, 0.29) is 17.4 Å². The molecule has 1 atom stereocenters. The first-order chi connectivity index (χ1) is 8.04. The van der Waals surface area contributed by atoms with Crippen LogP contribution >= 0.6 is 0 Å². The summed E-state index contributed by atoms with van der Waals surface area (Å²) in [5.41, 5.74) is 0.843. The van der Waals surface area contributed by atoms with Crippen molar-refractivity contribution in [2.24, 2.45) is 0 Å². The van der Waals surface area contributed by atoms with Gasteiger partial charge in [-0.1, -0.05) is 0 Å². The summed E-state index contributed by atoms with van der Waals surface area (Å²) in [6.45, 7) is 1.73. The third-order valence-corrected chi connectivity index (χ3v) is 2.70.